The van der Waals surface area contributed by atoms with Gasteiger partial charge in [0, 0.05) is 41.3 Å². The van der Waals surface area contributed by atoms with Crippen LogP contribution >= 0.6 is 0 Å². The minimum Gasteiger partial charge on any atom is -0.384 e. The molecule has 8 heteroatoms. The zero-order chi connectivity index (χ0) is 23.3. The summed E-state index contributed by atoms with van der Waals surface area (Å²) in [6.45, 7) is 11.3. The van der Waals surface area contributed by atoms with Crippen molar-refractivity contribution in [3.05, 3.63) is 64.2 Å². The standard InChI is InChI=1S/C25H29N7O/c1-15(2)31-23(33)18-14-27-24(28-17-10-9-16-11-12-26-19(16)13-17)30-22(18)32(31)21-8-6-7-20(29-21)25(3,4)5/h6-10,13-15,26H,11-12H2,1-5H3,(H,27,28,30). The molecule has 0 saturated heterocycles. The third-order valence-electron chi connectivity index (χ3n) is 5.91. The van der Waals surface area contributed by atoms with E-state index < -0.39 is 0 Å². The van der Waals surface area contributed by atoms with E-state index in [1.54, 1.807) is 10.9 Å². The Bertz CT molecular complexity index is 1410. The number of fused-ring (bicyclic) bond motifs is 2. The smallest absolute Gasteiger partial charge is 0.278 e. The summed E-state index contributed by atoms with van der Waals surface area (Å²) >= 11 is 0. The van der Waals surface area contributed by atoms with Crippen LogP contribution in [0.5, 0.6) is 0 Å². The molecular formula is C25H29N7O. The van der Waals surface area contributed by atoms with Crippen molar-refractivity contribution in [2.75, 3.05) is 17.2 Å². The number of pyridine rings is 1. The Kier molecular flexibility index (Phi) is 4.96. The highest BCUT2D eigenvalue weighted by molar-refractivity contribution is 5.77. The van der Waals surface area contributed by atoms with Crippen LogP contribution < -0.4 is 16.2 Å². The lowest BCUT2D eigenvalue weighted by Gasteiger charge is -2.20. The Labute approximate surface area is 192 Å². The lowest BCUT2D eigenvalue weighted by molar-refractivity contribution is 0.469. The molecule has 0 aliphatic carbocycles. The molecule has 1 aliphatic heterocycles. The number of rotatable bonds is 4. The topological polar surface area (TPSA) is 89.7 Å². The van der Waals surface area contributed by atoms with Crippen molar-refractivity contribution in [2.24, 2.45) is 0 Å². The van der Waals surface area contributed by atoms with Crippen molar-refractivity contribution < 1.29 is 0 Å². The van der Waals surface area contributed by atoms with E-state index in [-0.39, 0.29) is 17.0 Å². The van der Waals surface area contributed by atoms with Gasteiger partial charge in [-0.3, -0.25) is 4.79 Å². The highest BCUT2D eigenvalue weighted by Crippen LogP contribution is 2.28. The van der Waals surface area contributed by atoms with Gasteiger partial charge >= 0.3 is 0 Å². The molecule has 0 unspecified atom stereocenters. The Morgan fingerprint density at radius 3 is 2.70 bits per heavy atom. The number of aromatic nitrogens is 5. The van der Waals surface area contributed by atoms with E-state index in [0.717, 1.165) is 30.0 Å². The fourth-order valence-electron chi connectivity index (χ4n) is 4.20. The summed E-state index contributed by atoms with van der Waals surface area (Å²) in [6.07, 6.45) is 2.63. The predicted molar refractivity (Wildman–Crippen MR) is 132 cm³/mol. The second kappa shape index (κ2) is 7.72. The number of hydrogen-bond acceptors (Lipinski definition) is 6. The molecule has 33 heavy (non-hydrogen) atoms. The first-order valence-electron chi connectivity index (χ1n) is 11.3. The molecule has 0 bridgehead atoms. The molecule has 3 aromatic heterocycles. The summed E-state index contributed by atoms with van der Waals surface area (Å²) < 4.78 is 3.51. The first-order valence-corrected chi connectivity index (χ1v) is 11.3. The molecule has 2 N–H and O–H groups in total. The molecule has 0 fully saturated rings. The van der Waals surface area contributed by atoms with Gasteiger partial charge in [0.2, 0.25) is 5.95 Å². The summed E-state index contributed by atoms with van der Waals surface area (Å²) in [5.74, 6) is 1.09. The zero-order valence-corrected chi connectivity index (χ0v) is 19.7. The van der Waals surface area contributed by atoms with Gasteiger partial charge < -0.3 is 10.6 Å². The lowest BCUT2D eigenvalue weighted by Crippen LogP contribution is -2.25. The Morgan fingerprint density at radius 2 is 1.94 bits per heavy atom. The van der Waals surface area contributed by atoms with Crippen LogP contribution in [0.2, 0.25) is 0 Å². The van der Waals surface area contributed by atoms with Crippen molar-refractivity contribution in [3.63, 3.8) is 0 Å². The predicted octanol–water partition coefficient (Wildman–Crippen LogP) is 4.57. The van der Waals surface area contributed by atoms with Gasteiger partial charge in [0.1, 0.15) is 5.39 Å². The number of nitrogens with zero attached hydrogens (tertiary/aromatic N) is 5. The van der Waals surface area contributed by atoms with Crippen molar-refractivity contribution in [1.82, 2.24) is 24.3 Å². The second-order valence-electron chi connectivity index (χ2n) is 9.79. The first-order chi connectivity index (χ1) is 15.7. The number of anilines is 3. The zero-order valence-electron chi connectivity index (χ0n) is 19.7. The summed E-state index contributed by atoms with van der Waals surface area (Å²) in [5, 5.41) is 7.15. The van der Waals surface area contributed by atoms with Gasteiger partial charge in [0.05, 0.1) is 0 Å². The van der Waals surface area contributed by atoms with Crippen LogP contribution in [0.1, 0.15) is 51.9 Å². The number of nitrogens with one attached hydrogen (secondary N) is 2. The van der Waals surface area contributed by atoms with Gasteiger partial charge in [-0.05, 0) is 50.1 Å². The molecule has 1 aliphatic rings. The average molecular weight is 444 g/mol. The molecule has 4 heterocycles. The van der Waals surface area contributed by atoms with Gasteiger partial charge in [0.25, 0.3) is 5.56 Å². The second-order valence-corrected chi connectivity index (χ2v) is 9.79. The van der Waals surface area contributed by atoms with Crippen molar-refractivity contribution in [1.29, 1.82) is 0 Å². The lowest BCUT2D eigenvalue weighted by atomic mass is 9.92. The van der Waals surface area contributed by atoms with E-state index in [0.29, 0.717) is 22.8 Å². The molecule has 5 rings (SSSR count). The molecule has 8 nitrogen and oxygen atoms in total. The summed E-state index contributed by atoms with van der Waals surface area (Å²) in [7, 11) is 0. The van der Waals surface area contributed by atoms with Crippen LogP contribution in [-0.2, 0) is 11.8 Å². The number of hydrogen-bond donors (Lipinski definition) is 2. The third-order valence-corrected chi connectivity index (χ3v) is 5.91. The summed E-state index contributed by atoms with van der Waals surface area (Å²) in [5.41, 5.74) is 4.57. The molecule has 170 valence electrons. The van der Waals surface area contributed by atoms with E-state index in [2.05, 4.69) is 48.5 Å². The summed E-state index contributed by atoms with van der Waals surface area (Å²) in [4.78, 5) is 27.3. The summed E-state index contributed by atoms with van der Waals surface area (Å²) in [6, 6.07) is 12.0. The van der Waals surface area contributed by atoms with Crippen molar-refractivity contribution in [2.45, 2.75) is 52.5 Å². The van der Waals surface area contributed by atoms with E-state index in [1.165, 1.54) is 5.56 Å². The van der Waals surface area contributed by atoms with E-state index >= 15 is 0 Å². The Hall–Kier alpha value is -3.68. The van der Waals surface area contributed by atoms with Crippen molar-refractivity contribution >= 4 is 28.4 Å². The fourth-order valence-corrected chi connectivity index (χ4v) is 4.20. The molecule has 1 aromatic carbocycles. The van der Waals surface area contributed by atoms with Crippen LogP contribution in [0, 0.1) is 0 Å². The molecule has 0 amide bonds. The molecule has 0 spiro atoms. The third kappa shape index (κ3) is 3.75. The van der Waals surface area contributed by atoms with E-state index in [9.17, 15) is 4.79 Å². The fraction of sp³-hybridized carbons (Fsp3) is 0.360. The van der Waals surface area contributed by atoms with Crippen LogP contribution in [0.3, 0.4) is 0 Å². The normalized spacial score (nSPS) is 13.4. The van der Waals surface area contributed by atoms with Gasteiger partial charge in [-0.2, -0.15) is 4.98 Å². The van der Waals surface area contributed by atoms with Gasteiger partial charge in [0.15, 0.2) is 11.5 Å². The van der Waals surface area contributed by atoms with Gasteiger partial charge in [-0.15, -0.1) is 0 Å². The minimum atomic E-state index is -0.128. The van der Waals surface area contributed by atoms with Crippen LogP contribution in [-0.4, -0.2) is 30.9 Å². The quantitative estimate of drug-likeness (QED) is 0.480. The number of benzene rings is 1. The minimum absolute atomic E-state index is 0.0778. The maximum Gasteiger partial charge on any atom is 0.278 e. The van der Waals surface area contributed by atoms with Crippen molar-refractivity contribution in [3.8, 4) is 5.82 Å². The van der Waals surface area contributed by atoms with Gasteiger partial charge in [-0.25, -0.2) is 19.3 Å². The molecule has 0 atom stereocenters. The molecular weight excluding hydrogens is 414 g/mol. The maximum absolute atomic E-state index is 13.2. The van der Waals surface area contributed by atoms with E-state index in [1.807, 2.05) is 42.8 Å². The largest absolute Gasteiger partial charge is 0.384 e. The highest BCUT2D eigenvalue weighted by Gasteiger charge is 2.22. The first kappa shape index (κ1) is 21.2. The molecule has 0 radical (unpaired) electrons. The monoisotopic (exact) mass is 443 g/mol. The highest BCUT2D eigenvalue weighted by atomic mass is 16.1. The Morgan fingerprint density at radius 1 is 1.12 bits per heavy atom. The molecule has 4 aromatic rings. The van der Waals surface area contributed by atoms with Gasteiger partial charge in [-0.1, -0.05) is 32.9 Å². The SMILES string of the molecule is CC(C)n1c(=O)c2cnc(Nc3ccc4c(c3)NCC4)nc2n1-c1cccc(C(C)(C)C)n1. The average Bonchev–Trinajstić information content (AvgIpc) is 3.35. The maximum atomic E-state index is 13.2. The van der Waals surface area contributed by atoms with Crippen LogP contribution in [0.15, 0.2) is 47.4 Å². The van der Waals surface area contributed by atoms with Crippen LogP contribution in [0.25, 0.3) is 16.9 Å². The Balaban J connectivity index is 1.65. The molecule has 0 saturated carbocycles. The van der Waals surface area contributed by atoms with Crippen LogP contribution in [0.4, 0.5) is 17.3 Å². The van der Waals surface area contributed by atoms with E-state index in [4.69, 9.17) is 9.97 Å².